The maximum Gasteiger partial charge on any atom is 0.306 e. The molecule has 98 valence electrons. The summed E-state index contributed by atoms with van der Waals surface area (Å²) in [5.74, 6) is -0.152. The molecule has 1 aliphatic heterocycles. The Morgan fingerprint density at radius 3 is 2.41 bits per heavy atom. The van der Waals surface area contributed by atoms with Crippen molar-refractivity contribution < 1.29 is 9.53 Å². The number of esters is 1. The number of ether oxygens (including phenoxy) is 1. The molecule has 1 heterocycles. The van der Waals surface area contributed by atoms with Crippen LogP contribution in [0.25, 0.3) is 0 Å². The van der Waals surface area contributed by atoms with Crippen molar-refractivity contribution in [1.82, 2.24) is 9.80 Å². The first kappa shape index (κ1) is 14.8. The van der Waals surface area contributed by atoms with Crippen LogP contribution in [0.5, 0.6) is 0 Å². The van der Waals surface area contributed by atoms with Gasteiger partial charge in [-0.05, 0) is 0 Å². The molecule has 4 nitrogen and oxygen atoms in total. The summed E-state index contributed by atoms with van der Waals surface area (Å²) in [5.41, 5.74) is 1.41. The lowest BCUT2D eigenvalue weighted by Crippen LogP contribution is -2.47. The van der Waals surface area contributed by atoms with Gasteiger partial charge in [-0.25, -0.2) is 0 Å². The van der Waals surface area contributed by atoms with Crippen molar-refractivity contribution in [3.8, 4) is 0 Å². The molecule has 0 bridgehead atoms. The minimum absolute atomic E-state index is 0.152. The molecular weight excluding hydrogens is 263 g/mol. The maximum absolute atomic E-state index is 11.0. The first-order chi connectivity index (χ1) is 8.15. The van der Waals surface area contributed by atoms with Crippen LogP contribution in [0.1, 0.15) is 6.42 Å². The molecule has 0 spiro atoms. The highest BCUT2D eigenvalue weighted by molar-refractivity contribution is 6.36. The van der Waals surface area contributed by atoms with Crippen LogP contribution in [0.3, 0.4) is 0 Å². The van der Waals surface area contributed by atoms with Gasteiger partial charge in [0.2, 0.25) is 0 Å². The number of hydrogen-bond acceptors (Lipinski definition) is 4. The van der Waals surface area contributed by atoms with E-state index in [-0.39, 0.29) is 5.97 Å². The highest BCUT2D eigenvalue weighted by atomic mass is 35.5. The Morgan fingerprint density at radius 1 is 1.29 bits per heavy atom. The van der Waals surface area contributed by atoms with Crippen molar-refractivity contribution in [3.63, 3.8) is 0 Å². The van der Waals surface area contributed by atoms with Crippen molar-refractivity contribution in [2.24, 2.45) is 0 Å². The van der Waals surface area contributed by atoms with Crippen LogP contribution in [-0.2, 0) is 9.53 Å². The summed E-state index contributed by atoms with van der Waals surface area (Å²) in [7, 11) is 1.42. The summed E-state index contributed by atoms with van der Waals surface area (Å²) < 4.78 is 4.61. The highest BCUT2D eigenvalue weighted by Gasteiger charge is 2.17. The molecule has 0 atom stereocenters. The maximum atomic E-state index is 11.0. The van der Waals surface area contributed by atoms with Crippen LogP contribution in [0.15, 0.2) is 10.6 Å². The number of piperazine rings is 1. The van der Waals surface area contributed by atoms with Gasteiger partial charge in [0, 0.05) is 49.8 Å². The Balaban J connectivity index is 2.19. The third kappa shape index (κ3) is 5.73. The molecule has 1 aliphatic rings. The molecular formula is C11H18Cl2N2O2. The van der Waals surface area contributed by atoms with Crippen LogP contribution < -0.4 is 0 Å². The van der Waals surface area contributed by atoms with Gasteiger partial charge in [-0.1, -0.05) is 23.2 Å². The zero-order chi connectivity index (χ0) is 12.7. The SMILES string of the molecule is COC(=O)CCN1CCN(CC(Cl)=CCl)CC1. The molecule has 0 saturated carbocycles. The number of carbonyl (C=O) groups excluding carboxylic acids is 1. The molecule has 6 heteroatoms. The fourth-order valence-electron chi connectivity index (χ4n) is 1.77. The van der Waals surface area contributed by atoms with Crippen LogP contribution in [0.4, 0.5) is 0 Å². The topological polar surface area (TPSA) is 32.8 Å². The highest BCUT2D eigenvalue weighted by Crippen LogP contribution is 2.09. The second-order valence-corrected chi connectivity index (χ2v) is 4.70. The van der Waals surface area contributed by atoms with Gasteiger partial charge in [0.05, 0.1) is 13.5 Å². The van der Waals surface area contributed by atoms with E-state index in [4.69, 9.17) is 23.2 Å². The minimum Gasteiger partial charge on any atom is -0.469 e. The lowest BCUT2D eigenvalue weighted by atomic mass is 10.3. The van der Waals surface area contributed by atoms with Gasteiger partial charge >= 0.3 is 5.97 Å². The van der Waals surface area contributed by atoms with Crippen molar-refractivity contribution in [1.29, 1.82) is 0 Å². The first-order valence-corrected chi connectivity index (χ1v) is 6.43. The van der Waals surface area contributed by atoms with Crippen LogP contribution in [-0.4, -0.2) is 62.1 Å². The smallest absolute Gasteiger partial charge is 0.306 e. The Kier molecular flexibility index (Phi) is 6.89. The van der Waals surface area contributed by atoms with Crippen molar-refractivity contribution >= 4 is 29.2 Å². The van der Waals surface area contributed by atoms with Gasteiger partial charge in [-0.3, -0.25) is 9.69 Å². The van der Waals surface area contributed by atoms with Crippen LogP contribution in [0.2, 0.25) is 0 Å². The van der Waals surface area contributed by atoms with Gasteiger partial charge in [0.1, 0.15) is 0 Å². The molecule has 1 fully saturated rings. The van der Waals surface area contributed by atoms with E-state index < -0.39 is 0 Å². The van der Waals surface area contributed by atoms with E-state index in [1.165, 1.54) is 12.6 Å². The summed E-state index contributed by atoms with van der Waals surface area (Å²) in [6.45, 7) is 5.26. The fraction of sp³-hybridized carbons (Fsp3) is 0.727. The van der Waals surface area contributed by atoms with Gasteiger partial charge in [-0.2, -0.15) is 0 Å². The predicted molar refractivity (Wildman–Crippen MR) is 69.3 cm³/mol. The number of nitrogens with zero attached hydrogens (tertiary/aromatic N) is 2. The first-order valence-electron chi connectivity index (χ1n) is 5.62. The molecule has 0 aromatic heterocycles. The molecule has 0 aromatic carbocycles. The summed E-state index contributed by atoms with van der Waals surface area (Å²) >= 11 is 11.4. The molecule has 0 amide bonds. The Hall–Kier alpha value is -0.290. The lowest BCUT2D eigenvalue weighted by molar-refractivity contribution is -0.141. The monoisotopic (exact) mass is 280 g/mol. The van der Waals surface area contributed by atoms with E-state index in [0.29, 0.717) is 18.0 Å². The Bertz CT molecular complexity index is 277. The molecule has 0 radical (unpaired) electrons. The molecule has 1 saturated heterocycles. The quantitative estimate of drug-likeness (QED) is 0.715. The van der Waals surface area contributed by atoms with E-state index in [2.05, 4.69) is 14.5 Å². The van der Waals surface area contributed by atoms with Crippen molar-refractivity contribution in [2.45, 2.75) is 6.42 Å². The second-order valence-electron chi connectivity index (χ2n) is 4.00. The normalized spacial score (nSPS) is 19.4. The zero-order valence-electron chi connectivity index (χ0n) is 9.99. The van der Waals surface area contributed by atoms with Crippen molar-refractivity contribution in [3.05, 3.63) is 10.6 Å². The van der Waals surface area contributed by atoms with Gasteiger partial charge < -0.3 is 9.64 Å². The third-order valence-electron chi connectivity index (χ3n) is 2.82. The molecule has 0 unspecified atom stereocenters. The van der Waals surface area contributed by atoms with Crippen LogP contribution >= 0.6 is 23.2 Å². The second kappa shape index (κ2) is 7.93. The van der Waals surface area contributed by atoms with Crippen LogP contribution in [0, 0.1) is 0 Å². The number of rotatable bonds is 5. The summed E-state index contributed by atoms with van der Waals surface area (Å²) in [4.78, 5) is 15.5. The largest absolute Gasteiger partial charge is 0.469 e. The van der Waals surface area contributed by atoms with Gasteiger partial charge in [0.15, 0.2) is 0 Å². The minimum atomic E-state index is -0.152. The fourth-order valence-corrected chi connectivity index (χ4v) is 2.01. The number of hydrogen-bond donors (Lipinski definition) is 0. The Labute approximate surface area is 112 Å². The average Bonchev–Trinajstić information content (AvgIpc) is 2.37. The molecule has 1 rings (SSSR count). The molecule has 0 aromatic rings. The number of methoxy groups -OCH3 is 1. The lowest BCUT2D eigenvalue weighted by Gasteiger charge is -2.34. The van der Waals surface area contributed by atoms with E-state index in [1.54, 1.807) is 0 Å². The van der Waals surface area contributed by atoms with E-state index in [1.807, 2.05) is 0 Å². The summed E-state index contributed by atoms with van der Waals surface area (Å²) in [6.07, 6.45) is 0.457. The standard InChI is InChI=1S/C11H18Cl2N2O2/c1-17-11(16)2-3-14-4-6-15(7-5-14)9-10(13)8-12/h8H,2-7,9H2,1H3. The molecule has 0 aliphatic carbocycles. The van der Waals surface area contributed by atoms with Crippen molar-refractivity contribution in [2.75, 3.05) is 46.4 Å². The molecule has 0 N–H and O–H groups in total. The van der Waals surface area contributed by atoms with Gasteiger partial charge in [-0.15, -0.1) is 0 Å². The number of carbonyl (C=O) groups is 1. The number of halogens is 2. The Morgan fingerprint density at radius 2 is 1.88 bits per heavy atom. The zero-order valence-corrected chi connectivity index (χ0v) is 11.5. The van der Waals surface area contributed by atoms with E-state index in [0.717, 1.165) is 32.7 Å². The predicted octanol–water partition coefficient (Wildman–Crippen LogP) is 1.49. The third-order valence-corrected chi connectivity index (χ3v) is 3.42. The average molecular weight is 281 g/mol. The molecule has 17 heavy (non-hydrogen) atoms. The summed E-state index contributed by atoms with van der Waals surface area (Å²) in [5, 5.41) is 0.662. The van der Waals surface area contributed by atoms with E-state index in [9.17, 15) is 4.79 Å². The van der Waals surface area contributed by atoms with Gasteiger partial charge in [0.25, 0.3) is 0 Å². The van der Waals surface area contributed by atoms with E-state index >= 15 is 0 Å². The summed E-state index contributed by atoms with van der Waals surface area (Å²) in [6, 6.07) is 0.